The summed E-state index contributed by atoms with van der Waals surface area (Å²) in [5.41, 5.74) is 4.01. The first-order chi connectivity index (χ1) is 17.1. The highest BCUT2D eigenvalue weighted by Crippen LogP contribution is 2.29. The summed E-state index contributed by atoms with van der Waals surface area (Å²) < 4.78 is 1.96. The van der Waals surface area contributed by atoms with Crippen molar-refractivity contribution in [3.63, 3.8) is 0 Å². The normalized spacial score (nSPS) is 12.8. The third-order valence-electron chi connectivity index (χ3n) is 5.58. The smallest absolute Gasteiger partial charge is 0.251 e. The fraction of sp³-hybridized carbons (Fsp3) is 0.192. The van der Waals surface area contributed by atoms with E-state index in [1.54, 1.807) is 36.7 Å². The Morgan fingerprint density at radius 2 is 1.83 bits per heavy atom. The molecule has 0 bridgehead atoms. The Morgan fingerprint density at radius 3 is 2.60 bits per heavy atom. The van der Waals surface area contributed by atoms with Crippen LogP contribution in [0.3, 0.4) is 0 Å². The van der Waals surface area contributed by atoms with E-state index in [-0.39, 0.29) is 23.6 Å². The van der Waals surface area contributed by atoms with Gasteiger partial charge in [0.25, 0.3) is 5.91 Å². The summed E-state index contributed by atoms with van der Waals surface area (Å²) in [6.45, 7) is 2.03. The van der Waals surface area contributed by atoms with Crippen LogP contribution in [0, 0.1) is 6.92 Å². The number of aryl methyl sites for hydroxylation is 1. The number of amides is 2. The molecule has 5 rings (SSSR count). The van der Waals surface area contributed by atoms with Crippen LogP contribution in [-0.4, -0.2) is 43.4 Å². The molecule has 2 heterocycles. The molecule has 2 aromatic heterocycles. The molecule has 2 aromatic carbocycles. The van der Waals surface area contributed by atoms with Gasteiger partial charge in [0, 0.05) is 35.2 Å². The summed E-state index contributed by atoms with van der Waals surface area (Å²) in [6.07, 6.45) is 5.47. The second kappa shape index (κ2) is 10.1. The fourth-order valence-electron chi connectivity index (χ4n) is 3.64. The zero-order valence-corrected chi connectivity index (χ0v) is 20.0. The molecule has 0 aliphatic heterocycles. The van der Waals surface area contributed by atoms with Crippen molar-refractivity contribution in [1.29, 1.82) is 0 Å². The Labute approximate surface area is 207 Å². The number of hydrogen-bond donors (Lipinski definition) is 2. The number of aromatic nitrogens is 4. The van der Waals surface area contributed by atoms with Crippen LogP contribution in [0.1, 0.15) is 28.8 Å². The number of hydrogen-bond acceptors (Lipinski definition) is 6. The molecule has 0 unspecified atom stereocenters. The van der Waals surface area contributed by atoms with Crippen molar-refractivity contribution >= 4 is 29.3 Å². The molecule has 1 saturated carbocycles. The van der Waals surface area contributed by atoms with Gasteiger partial charge >= 0.3 is 0 Å². The summed E-state index contributed by atoms with van der Waals surface area (Å²) in [4.78, 5) is 29.2. The predicted octanol–water partition coefficient (Wildman–Crippen LogP) is 4.26. The van der Waals surface area contributed by atoms with Crippen molar-refractivity contribution in [3.05, 3.63) is 84.2 Å². The topological polar surface area (TPSA) is 102 Å². The molecule has 4 aromatic rings. The Hall–Kier alpha value is -3.98. The van der Waals surface area contributed by atoms with Crippen LogP contribution in [0.2, 0.25) is 0 Å². The molecule has 0 spiro atoms. The van der Waals surface area contributed by atoms with Crippen molar-refractivity contribution in [2.75, 3.05) is 11.1 Å². The second-order valence-electron chi connectivity index (χ2n) is 8.33. The lowest BCUT2D eigenvalue weighted by Gasteiger charge is -2.13. The highest BCUT2D eigenvalue weighted by Gasteiger charge is 2.24. The van der Waals surface area contributed by atoms with E-state index >= 15 is 0 Å². The molecule has 2 amide bonds. The van der Waals surface area contributed by atoms with E-state index in [0.717, 1.165) is 29.7 Å². The van der Waals surface area contributed by atoms with Crippen molar-refractivity contribution in [2.45, 2.75) is 31.0 Å². The summed E-state index contributed by atoms with van der Waals surface area (Å²) in [7, 11) is 0. The molecule has 176 valence electrons. The number of carbonyl (C=O) groups excluding carboxylic acids is 2. The first kappa shape index (κ1) is 22.8. The van der Waals surface area contributed by atoms with Crippen LogP contribution >= 0.6 is 11.8 Å². The monoisotopic (exact) mass is 484 g/mol. The fourth-order valence-corrected chi connectivity index (χ4v) is 4.39. The Bertz CT molecular complexity index is 1370. The molecule has 1 aliphatic rings. The minimum atomic E-state index is -0.195. The van der Waals surface area contributed by atoms with E-state index in [0.29, 0.717) is 22.2 Å². The summed E-state index contributed by atoms with van der Waals surface area (Å²) >= 11 is 1.30. The molecule has 2 N–H and O–H groups in total. The van der Waals surface area contributed by atoms with Gasteiger partial charge in [0.05, 0.1) is 11.4 Å². The quantitative estimate of drug-likeness (QED) is 0.362. The van der Waals surface area contributed by atoms with Gasteiger partial charge in [-0.2, -0.15) is 0 Å². The van der Waals surface area contributed by atoms with Gasteiger partial charge in [-0.25, -0.2) is 0 Å². The standard InChI is InChI=1S/C26H24N6O2S/c1-17-5-2-3-8-22(17)32-24(18-11-13-27-14-12-18)30-31-26(32)35-16-23(33)28-21-7-4-6-19(15-21)25(34)29-20-9-10-20/h2-8,11-15,20H,9-10,16H2,1H3,(H,28,33)(H,29,34). The number of thioether (sulfide) groups is 1. The first-order valence-corrected chi connectivity index (χ1v) is 12.3. The number of anilines is 1. The lowest BCUT2D eigenvalue weighted by Crippen LogP contribution is -2.25. The predicted molar refractivity (Wildman–Crippen MR) is 136 cm³/mol. The van der Waals surface area contributed by atoms with Crippen LogP contribution in [0.15, 0.2) is 78.2 Å². The number of pyridine rings is 1. The zero-order chi connectivity index (χ0) is 24.2. The minimum Gasteiger partial charge on any atom is -0.349 e. The number of rotatable bonds is 8. The molecule has 8 nitrogen and oxygen atoms in total. The van der Waals surface area contributed by atoms with E-state index < -0.39 is 0 Å². The molecule has 1 fully saturated rings. The molecule has 1 aliphatic carbocycles. The maximum Gasteiger partial charge on any atom is 0.251 e. The van der Waals surface area contributed by atoms with Crippen LogP contribution in [0.5, 0.6) is 0 Å². The third kappa shape index (κ3) is 5.41. The van der Waals surface area contributed by atoms with Crippen LogP contribution in [0.4, 0.5) is 5.69 Å². The van der Waals surface area contributed by atoms with Gasteiger partial charge in [0.2, 0.25) is 5.91 Å². The third-order valence-corrected chi connectivity index (χ3v) is 6.51. The van der Waals surface area contributed by atoms with Gasteiger partial charge in [-0.15, -0.1) is 10.2 Å². The highest BCUT2D eigenvalue weighted by molar-refractivity contribution is 7.99. The first-order valence-electron chi connectivity index (χ1n) is 11.3. The van der Waals surface area contributed by atoms with E-state index in [4.69, 9.17) is 0 Å². The van der Waals surface area contributed by atoms with Crippen molar-refractivity contribution < 1.29 is 9.59 Å². The van der Waals surface area contributed by atoms with Crippen LogP contribution in [-0.2, 0) is 4.79 Å². The van der Waals surface area contributed by atoms with Crippen molar-refractivity contribution in [1.82, 2.24) is 25.1 Å². The minimum absolute atomic E-state index is 0.118. The summed E-state index contributed by atoms with van der Waals surface area (Å²) in [5.74, 6) is 0.505. The number of nitrogens with zero attached hydrogens (tertiary/aromatic N) is 4. The second-order valence-corrected chi connectivity index (χ2v) is 9.27. The maximum atomic E-state index is 12.7. The molecule has 35 heavy (non-hydrogen) atoms. The van der Waals surface area contributed by atoms with Gasteiger partial charge in [-0.3, -0.25) is 19.1 Å². The number of benzene rings is 2. The Morgan fingerprint density at radius 1 is 1.03 bits per heavy atom. The summed E-state index contributed by atoms with van der Waals surface area (Å²) in [6, 6.07) is 19.0. The van der Waals surface area contributed by atoms with Gasteiger partial charge in [0.1, 0.15) is 0 Å². The van der Waals surface area contributed by atoms with Crippen molar-refractivity contribution in [2.24, 2.45) is 0 Å². The Kier molecular flexibility index (Phi) is 6.58. The van der Waals surface area contributed by atoms with Gasteiger partial charge in [0.15, 0.2) is 11.0 Å². The highest BCUT2D eigenvalue weighted by atomic mass is 32.2. The molecular formula is C26H24N6O2S. The van der Waals surface area contributed by atoms with Crippen molar-refractivity contribution in [3.8, 4) is 17.1 Å². The molecule has 0 saturated heterocycles. The molecule has 0 radical (unpaired) electrons. The number of nitrogens with one attached hydrogen (secondary N) is 2. The van der Waals surface area contributed by atoms with Crippen LogP contribution < -0.4 is 10.6 Å². The average Bonchev–Trinajstić information content (AvgIpc) is 3.59. The van der Waals surface area contributed by atoms with E-state index in [9.17, 15) is 9.59 Å². The lowest BCUT2D eigenvalue weighted by atomic mass is 10.2. The Balaban J connectivity index is 1.33. The number of para-hydroxylation sites is 1. The molecular weight excluding hydrogens is 460 g/mol. The van der Waals surface area contributed by atoms with E-state index in [1.165, 1.54) is 11.8 Å². The average molecular weight is 485 g/mol. The summed E-state index contributed by atoms with van der Waals surface area (Å²) in [5, 5.41) is 15.2. The molecule has 0 atom stereocenters. The lowest BCUT2D eigenvalue weighted by molar-refractivity contribution is -0.113. The van der Waals surface area contributed by atoms with Crippen LogP contribution in [0.25, 0.3) is 17.1 Å². The van der Waals surface area contributed by atoms with Gasteiger partial charge in [-0.05, 0) is 61.7 Å². The van der Waals surface area contributed by atoms with Gasteiger partial charge in [-0.1, -0.05) is 36.0 Å². The van der Waals surface area contributed by atoms with E-state index in [2.05, 4.69) is 25.8 Å². The largest absolute Gasteiger partial charge is 0.349 e. The van der Waals surface area contributed by atoms with Gasteiger partial charge < -0.3 is 10.6 Å². The number of carbonyl (C=O) groups is 2. The zero-order valence-electron chi connectivity index (χ0n) is 19.1. The SMILES string of the molecule is Cc1ccccc1-n1c(SCC(=O)Nc2cccc(C(=O)NC3CC3)c2)nnc1-c1ccncc1. The van der Waals surface area contributed by atoms with E-state index in [1.807, 2.05) is 47.9 Å². The molecule has 9 heteroatoms. The maximum absolute atomic E-state index is 12.7.